The Kier molecular flexibility index (Phi) is 5.86. The Hall–Kier alpha value is -2.61. The van der Waals surface area contributed by atoms with E-state index >= 15 is 0 Å². The normalized spacial score (nSPS) is 12.5. The number of aromatic hydroxyl groups is 1. The highest BCUT2D eigenvalue weighted by atomic mass is 32.2. The first-order valence-corrected chi connectivity index (χ1v) is 9.57. The van der Waals surface area contributed by atoms with E-state index in [1.54, 1.807) is 19.1 Å². The van der Waals surface area contributed by atoms with Crippen LogP contribution in [0.25, 0.3) is 0 Å². The van der Waals surface area contributed by atoms with Gasteiger partial charge in [-0.1, -0.05) is 24.6 Å². The quantitative estimate of drug-likeness (QED) is 0.668. The maximum absolute atomic E-state index is 14.3. The highest BCUT2D eigenvalue weighted by molar-refractivity contribution is 7.92. The van der Waals surface area contributed by atoms with E-state index in [1.165, 1.54) is 19.1 Å². The van der Waals surface area contributed by atoms with Crippen molar-refractivity contribution < 1.29 is 22.7 Å². The number of hydrogen-bond acceptors (Lipinski definition) is 5. The molecule has 0 fully saturated rings. The summed E-state index contributed by atoms with van der Waals surface area (Å²) >= 11 is 0. The predicted octanol–water partition coefficient (Wildman–Crippen LogP) is 3.42. The first kappa shape index (κ1) is 19.7. The van der Waals surface area contributed by atoms with Gasteiger partial charge in [0.25, 0.3) is 0 Å². The fraction of sp³-hybridized carbons (Fsp3) is 0.278. The van der Waals surface area contributed by atoms with Crippen LogP contribution in [0.1, 0.15) is 25.8 Å². The summed E-state index contributed by atoms with van der Waals surface area (Å²) in [4.78, 5) is 11.2. The molecule has 2 rings (SSSR count). The van der Waals surface area contributed by atoms with Crippen LogP contribution < -0.4 is 10.6 Å². The molecular weight excluding hydrogens is 359 g/mol. The number of sulfone groups is 1. The van der Waals surface area contributed by atoms with Crippen LogP contribution in [-0.4, -0.2) is 24.8 Å². The molecule has 2 aromatic rings. The molecule has 0 saturated heterocycles. The van der Waals surface area contributed by atoms with Gasteiger partial charge in [-0.25, -0.2) is 12.8 Å². The number of anilines is 2. The summed E-state index contributed by atoms with van der Waals surface area (Å²) in [6.45, 7) is 4.73. The minimum absolute atomic E-state index is 0.0880. The average molecular weight is 380 g/mol. The molecule has 2 aromatic carbocycles. The Morgan fingerprint density at radius 1 is 1.19 bits per heavy atom. The molecule has 0 aromatic heterocycles. The zero-order chi connectivity index (χ0) is 19.5. The van der Waals surface area contributed by atoms with Crippen molar-refractivity contribution >= 4 is 27.1 Å². The molecule has 140 valence electrons. The second kappa shape index (κ2) is 7.74. The molecule has 1 amide bonds. The molecule has 0 saturated carbocycles. The molecule has 0 bridgehead atoms. The summed E-state index contributed by atoms with van der Waals surface area (Å²) in [5.74, 6) is -1.62. The zero-order valence-electron chi connectivity index (χ0n) is 14.7. The second-order valence-electron chi connectivity index (χ2n) is 5.93. The molecule has 0 spiro atoms. The van der Waals surface area contributed by atoms with Crippen LogP contribution in [0.15, 0.2) is 41.3 Å². The smallest absolute Gasteiger partial charge is 0.221 e. The topological polar surface area (TPSA) is 95.5 Å². The van der Waals surface area contributed by atoms with E-state index in [-0.39, 0.29) is 28.4 Å². The van der Waals surface area contributed by atoms with Gasteiger partial charge in [-0.2, -0.15) is 0 Å². The van der Waals surface area contributed by atoms with Crippen molar-refractivity contribution in [1.29, 1.82) is 0 Å². The van der Waals surface area contributed by atoms with Crippen molar-refractivity contribution in [2.45, 2.75) is 37.5 Å². The Morgan fingerprint density at radius 2 is 1.81 bits per heavy atom. The first-order valence-electron chi connectivity index (χ1n) is 8.02. The standard InChI is InChI=1S/C18H21FN2O4S/c1-4-18(26(24,25)13-7-5-11(2)6-8-13)21-15-10-17(23)16(9-14(15)19)20-12(3)22/h5-10,18,21,23H,4H2,1-3H3,(H,20,22). The van der Waals surface area contributed by atoms with E-state index in [4.69, 9.17) is 0 Å². The van der Waals surface area contributed by atoms with Gasteiger partial charge < -0.3 is 15.7 Å². The van der Waals surface area contributed by atoms with E-state index in [1.807, 2.05) is 6.92 Å². The number of carbonyl (C=O) groups is 1. The molecule has 0 aliphatic rings. The fourth-order valence-electron chi connectivity index (χ4n) is 2.43. The van der Waals surface area contributed by atoms with Crippen molar-refractivity contribution in [2.75, 3.05) is 10.6 Å². The minimum Gasteiger partial charge on any atom is -0.506 e. The first-order chi connectivity index (χ1) is 12.1. The molecule has 1 unspecified atom stereocenters. The van der Waals surface area contributed by atoms with Gasteiger partial charge in [0.1, 0.15) is 16.9 Å². The van der Waals surface area contributed by atoms with Crippen LogP contribution in [0.2, 0.25) is 0 Å². The largest absolute Gasteiger partial charge is 0.506 e. The lowest BCUT2D eigenvalue weighted by Gasteiger charge is -2.20. The van der Waals surface area contributed by atoms with Gasteiger partial charge in [0.2, 0.25) is 5.91 Å². The third kappa shape index (κ3) is 4.32. The van der Waals surface area contributed by atoms with Gasteiger partial charge in [-0.3, -0.25) is 4.79 Å². The van der Waals surface area contributed by atoms with Crippen molar-refractivity contribution in [2.24, 2.45) is 0 Å². The van der Waals surface area contributed by atoms with E-state index in [2.05, 4.69) is 10.6 Å². The van der Waals surface area contributed by atoms with E-state index in [9.17, 15) is 22.7 Å². The molecule has 0 heterocycles. The molecule has 1 atom stereocenters. The number of phenols is 1. The number of carbonyl (C=O) groups excluding carboxylic acids is 1. The van der Waals surface area contributed by atoms with Gasteiger partial charge in [-0.15, -0.1) is 0 Å². The van der Waals surface area contributed by atoms with Crippen LogP contribution >= 0.6 is 0 Å². The molecule has 0 aliphatic carbocycles. The molecule has 0 aliphatic heterocycles. The Bertz CT molecular complexity index is 912. The summed E-state index contributed by atoms with van der Waals surface area (Å²) in [6, 6.07) is 8.37. The lowest BCUT2D eigenvalue weighted by molar-refractivity contribution is -0.114. The number of halogens is 1. The van der Waals surface area contributed by atoms with Crippen LogP contribution in [0, 0.1) is 12.7 Å². The van der Waals surface area contributed by atoms with Gasteiger partial charge in [0.15, 0.2) is 9.84 Å². The SMILES string of the molecule is CCC(Nc1cc(O)c(NC(C)=O)cc1F)S(=O)(=O)c1ccc(C)cc1. The third-order valence-electron chi connectivity index (χ3n) is 3.81. The highest BCUT2D eigenvalue weighted by Crippen LogP contribution is 2.31. The van der Waals surface area contributed by atoms with Gasteiger partial charge >= 0.3 is 0 Å². The number of phenolic OH excluding ortho intramolecular Hbond substituents is 1. The monoisotopic (exact) mass is 380 g/mol. The summed E-state index contributed by atoms with van der Waals surface area (Å²) in [7, 11) is -3.75. The number of nitrogens with one attached hydrogen (secondary N) is 2. The minimum atomic E-state index is -3.75. The fourth-order valence-corrected chi connectivity index (χ4v) is 3.99. The van der Waals surface area contributed by atoms with Gasteiger partial charge in [0.05, 0.1) is 16.3 Å². The molecule has 8 heteroatoms. The van der Waals surface area contributed by atoms with Crippen molar-refractivity contribution in [3.05, 3.63) is 47.8 Å². The molecule has 6 nitrogen and oxygen atoms in total. The Labute approximate surface area is 152 Å². The highest BCUT2D eigenvalue weighted by Gasteiger charge is 2.27. The molecule has 0 radical (unpaired) electrons. The second-order valence-corrected chi connectivity index (χ2v) is 8.06. The van der Waals surface area contributed by atoms with Crippen LogP contribution in [0.4, 0.5) is 15.8 Å². The van der Waals surface area contributed by atoms with Gasteiger partial charge in [0, 0.05) is 19.1 Å². The van der Waals surface area contributed by atoms with E-state index in [0.717, 1.165) is 17.7 Å². The number of rotatable bonds is 6. The number of benzene rings is 2. The van der Waals surface area contributed by atoms with Crippen LogP contribution in [0.5, 0.6) is 5.75 Å². The predicted molar refractivity (Wildman–Crippen MR) is 98.4 cm³/mol. The Balaban J connectivity index is 2.34. The molecule has 26 heavy (non-hydrogen) atoms. The van der Waals surface area contributed by atoms with Crippen molar-refractivity contribution in [1.82, 2.24) is 0 Å². The molecular formula is C18H21FN2O4S. The van der Waals surface area contributed by atoms with Crippen molar-refractivity contribution in [3.8, 4) is 5.75 Å². The molecule has 3 N–H and O–H groups in total. The third-order valence-corrected chi connectivity index (χ3v) is 5.94. The van der Waals surface area contributed by atoms with Gasteiger partial charge in [-0.05, 0) is 25.5 Å². The average Bonchev–Trinajstić information content (AvgIpc) is 2.56. The van der Waals surface area contributed by atoms with Crippen molar-refractivity contribution in [3.63, 3.8) is 0 Å². The maximum Gasteiger partial charge on any atom is 0.221 e. The summed E-state index contributed by atoms with van der Waals surface area (Å²) in [5, 5.41) is 13.8. The lowest BCUT2D eigenvalue weighted by Crippen LogP contribution is -2.29. The van der Waals surface area contributed by atoms with E-state index < -0.39 is 26.9 Å². The van der Waals surface area contributed by atoms with Crippen LogP contribution in [0.3, 0.4) is 0 Å². The Morgan fingerprint density at radius 3 is 2.35 bits per heavy atom. The van der Waals surface area contributed by atoms with E-state index in [0.29, 0.717) is 0 Å². The summed E-state index contributed by atoms with van der Waals surface area (Å²) < 4.78 is 39.9. The summed E-state index contributed by atoms with van der Waals surface area (Å²) in [6.07, 6.45) is 0.184. The summed E-state index contributed by atoms with van der Waals surface area (Å²) in [5.41, 5.74) is 0.670. The maximum atomic E-state index is 14.3. The number of aryl methyl sites for hydroxylation is 1. The zero-order valence-corrected chi connectivity index (χ0v) is 15.5. The number of amides is 1. The number of hydrogen-bond donors (Lipinski definition) is 3. The lowest BCUT2D eigenvalue weighted by atomic mass is 10.2. The van der Waals surface area contributed by atoms with Crippen LogP contribution in [-0.2, 0) is 14.6 Å².